The largest absolute Gasteiger partial charge is 0.248 e. The zero-order valence-corrected chi connectivity index (χ0v) is 15.1. The molecule has 1 nitrogen and oxygen atoms in total. The van der Waals surface area contributed by atoms with E-state index in [2.05, 4.69) is 61.0 Å². The van der Waals surface area contributed by atoms with Crippen LogP contribution in [-0.4, -0.2) is 4.98 Å². The van der Waals surface area contributed by atoms with Gasteiger partial charge in [-0.05, 0) is 54.5 Å². The Hall–Kier alpha value is -2.07. The summed E-state index contributed by atoms with van der Waals surface area (Å²) in [7, 11) is 0. The maximum Gasteiger partial charge on any atom is 0.113 e. The summed E-state index contributed by atoms with van der Waals surface area (Å²) in [6.45, 7) is 4.42. The summed E-state index contributed by atoms with van der Waals surface area (Å²) >= 11 is 0. The fourth-order valence-electron chi connectivity index (χ4n) is 2.72. The Balaban J connectivity index is 1.80. The van der Waals surface area contributed by atoms with Crippen molar-refractivity contribution in [2.24, 2.45) is 0 Å². The highest BCUT2D eigenvalue weighted by molar-refractivity contribution is 5.41. The predicted octanol–water partition coefficient (Wildman–Crippen LogP) is 5.95. The number of rotatable bonds is 8. The molecule has 1 heterocycles. The van der Waals surface area contributed by atoms with Gasteiger partial charge in [0.05, 0.1) is 0 Å². The topological polar surface area (TPSA) is 12.9 Å². The third kappa shape index (κ3) is 6.59. The second kappa shape index (κ2) is 10.7. The molecule has 24 heavy (non-hydrogen) atoms. The lowest BCUT2D eigenvalue weighted by molar-refractivity contribution is 0.607. The third-order valence-electron chi connectivity index (χ3n) is 4.34. The summed E-state index contributed by atoms with van der Waals surface area (Å²) in [5.74, 6) is 6.35. The molecule has 0 saturated heterocycles. The highest BCUT2D eigenvalue weighted by atomic mass is 14.7. The lowest BCUT2D eigenvalue weighted by Crippen LogP contribution is -1.90. The van der Waals surface area contributed by atoms with Crippen molar-refractivity contribution in [3.63, 3.8) is 0 Å². The van der Waals surface area contributed by atoms with Gasteiger partial charge in [-0.15, -0.1) is 0 Å². The van der Waals surface area contributed by atoms with Crippen LogP contribution >= 0.6 is 0 Å². The molecule has 2 aromatic rings. The standard InChI is InChI=1S/C23H29N/c1-3-5-6-7-8-9-10-22-16-18-23(24-19-22)17-15-21-13-11-20(4-2)12-14-21/h11-14,16,18-19H,3-10H2,1-2H3. The average Bonchev–Trinajstić information content (AvgIpc) is 2.64. The second-order valence-electron chi connectivity index (χ2n) is 6.37. The van der Waals surface area contributed by atoms with Gasteiger partial charge < -0.3 is 0 Å². The number of unbranched alkanes of at least 4 members (excludes halogenated alkanes) is 5. The van der Waals surface area contributed by atoms with Crippen molar-refractivity contribution in [3.8, 4) is 11.8 Å². The van der Waals surface area contributed by atoms with Crippen LogP contribution in [0.15, 0.2) is 42.6 Å². The first kappa shape index (κ1) is 18.3. The highest BCUT2D eigenvalue weighted by Gasteiger charge is 1.96. The molecule has 0 bridgehead atoms. The van der Waals surface area contributed by atoms with Crippen molar-refractivity contribution in [2.75, 3.05) is 0 Å². The van der Waals surface area contributed by atoms with E-state index in [4.69, 9.17) is 0 Å². The molecule has 0 aliphatic rings. The summed E-state index contributed by atoms with van der Waals surface area (Å²) in [6, 6.07) is 12.7. The summed E-state index contributed by atoms with van der Waals surface area (Å²) < 4.78 is 0. The lowest BCUT2D eigenvalue weighted by Gasteiger charge is -2.01. The summed E-state index contributed by atoms with van der Waals surface area (Å²) in [5.41, 5.74) is 4.56. The van der Waals surface area contributed by atoms with E-state index < -0.39 is 0 Å². The SMILES string of the molecule is CCCCCCCCc1ccc(C#Cc2ccc(CC)cc2)nc1. The Labute approximate surface area is 147 Å². The van der Waals surface area contributed by atoms with Crippen LogP contribution in [0.5, 0.6) is 0 Å². The minimum Gasteiger partial charge on any atom is -0.248 e. The fourth-order valence-corrected chi connectivity index (χ4v) is 2.72. The summed E-state index contributed by atoms with van der Waals surface area (Å²) in [6.07, 6.45) is 12.2. The zero-order valence-electron chi connectivity index (χ0n) is 15.1. The molecule has 1 aromatic heterocycles. The van der Waals surface area contributed by atoms with Crippen molar-refractivity contribution in [2.45, 2.75) is 65.2 Å². The molecule has 0 saturated carbocycles. The maximum atomic E-state index is 4.48. The lowest BCUT2D eigenvalue weighted by atomic mass is 10.1. The average molecular weight is 319 g/mol. The molecular weight excluding hydrogens is 290 g/mol. The van der Waals surface area contributed by atoms with Crippen molar-refractivity contribution in [1.82, 2.24) is 4.98 Å². The van der Waals surface area contributed by atoms with Gasteiger partial charge in [0.15, 0.2) is 0 Å². The van der Waals surface area contributed by atoms with Gasteiger partial charge in [0, 0.05) is 11.8 Å². The van der Waals surface area contributed by atoms with Crippen LogP contribution in [0.2, 0.25) is 0 Å². The number of aromatic nitrogens is 1. The van der Waals surface area contributed by atoms with Gasteiger partial charge in [-0.2, -0.15) is 0 Å². The first-order chi connectivity index (χ1) is 11.8. The molecule has 0 fully saturated rings. The Bertz CT molecular complexity index is 641. The van der Waals surface area contributed by atoms with Crippen LogP contribution in [0.4, 0.5) is 0 Å². The van der Waals surface area contributed by atoms with Gasteiger partial charge in [-0.25, -0.2) is 4.98 Å². The van der Waals surface area contributed by atoms with Gasteiger partial charge >= 0.3 is 0 Å². The van der Waals surface area contributed by atoms with E-state index in [1.165, 1.54) is 49.7 Å². The fraction of sp³-hybridized carbons (Fsp3) is 0.435. The molecular formula is C23H29N. The van der Waals surface area contributed by atoms with Crippen LogP contribution in [0, 0.1) is 11.8 Å². The molecule has 0 aliphatic carbocycles. The summed E-state index contributed by atoms with van der Waals surface area (Å²) in [4.78, 5) is 4.48. The zero-order chi connectivity index (χ0) is 17.0. The van der Waals surface area contributed by atoms with Crippen molar-refractivity contribution in [3.05, 3.63) is 65.0 Å². The molecule has 0 unspecified atom stereocenters. The Morgan fingerprint density at radius 1 is 0.750 bits per heavy atom. The molecule has 0 radical (unpaired) electrons. The Morgan fingerprint density at radius 2 is 1.46 bits per heavy atom. The molecule has 0 atom stereocenters. The Morgan fingerprint density at radius 3 is 2.12 bits per heavy atom. The number of benzene rings is 1. The smallest absolute Gasteiger partial charge is 0.113 e. The van der Waals surface area contributed by atoms with Crippen molar-refractivity contribution >= 4 is 0 Å². The number of hydrogen-bond acceptors (Lipinski definition) is 1. The molecule has 1 aromatic carbocycles. The maximum absolute atomic E-state index is 4.48. The Kier molecular flexibility index (Phi) is 8.11. The number of nitrogens with zero attached hydrogens (tertiary/aromatic N) is 1. The molecule has 0 amide bonds. The monoisotopic (exact) mass is 319 g/mol. The second-order valence-corrected chi connectivity index (χ2v) is 6.37. The molecule has 126 valence electrons. The van der Waals surface area contributed by atoms with E-state index in [9.17, 15) is 0 Å². The van der Waals surface area contributed by atoms with Gasteiger partial charge in [0.25, 0.3) is 0 Å². The molecule has 0 spiro atoms. The quantitative estimate of drug-likeness (QED) is 0.433. The van der Waals surface area contributed by atoms with E-state index in [0.29, 0.717) is 0 Å². The molecule has 1 heteroatoms. The van der Waals surface area contributed by atoms with E-state index in [-0.39, 0.29) is 0 Å². The van der Waals surface area contributed by atoms with Gasteiger partial charge in [-0.1, -0.05) is 70.1 Å². The van der Waals surface area contributed by atoms with Crippen LogP contribution in [0.25, 0.3) is 0 Å². The van der Waals surface area contributed by atoms with E-state index in [1.807, 2.05) is 12.3 Å². The normalized spacial score (nSPS) is 10.2. The van der Waals surface area contributed by atoms with Crippen LogP contribution in [0.1, 0.15) is 74.8 Å². The van der Waals surface area contributed by atoms with E-state index >= 15 is 0 Å². The van der Waals surface area contributed by atoms with E-state index in [1.54, 1.807) is 0 Å². The third-order valence-corrected chi connectivity index (χ3v) is 4.34. The van der Waals surface area contributed by atoms with Gasteiger partial charge in [-0.3, -0.25) is 0 Å². The van der Waals surface area contributed by atoms with Crippen molar-refractivity contribution in [1.29, 1.82) is 0 Å². The van der Waals surface area contributed by atoms with E-state index in [0.717, 1.165) is 24.1 Å². The molecule has 0 N–H and O–H groups in total. The van der Waals surface area contributed by atoms with Crippen molar-refractivity contribution < 1.29 is 0 Å². The summed E-state index contributed by atoms with van der Waals surface area (Å²) in [5, 5.41) is 0. The number of aryl methyl sites for hydroxylation is 2. The highest BCUT2D eigenvalue weighted by Crippen LogP contribution is 2.10. The predicted molar refractivity (Wildman–Crippen MR) is 103 cm³/mol. The minimum absolute atomic E-state index is 0.848. The molecule has 0 aliphatic heterocycles. The van der Waals surface area contributed by atoms with Gasteiger partial charge in [0.2, 0.25) is 0 Å². The molecule has 2 rings (SSSR count). The van der Waals surface area contributed by atoms with Crippen LogP contribution in [-0.2, 0) is 12.8 Å². The number of hydrogen-bond donors (Lipinski definition) is 0. The minimum atomic E-state index is 0.848. The van der Waals surface area contributed by atoms with Gasteiger partial charge in [0.1, 0.15) is 5.69 Å². The first-order valence-corrected chi connectivity index (χ1v) is 9.37. The number of pyridine rings is 1. The first-order valence-electron chi connectivity index (χ1n) is 9.37. The van der Waals surface area contributed by atoms with Crippen LogP contribution in [0.3, 0.4) is 0 Å². The van der Waals surface area contributed by atoms with Crippen LogP contribution < -0.4 is 0 Å².